The average Bonchev–Trinajstić information content (AvgIpc) is 2.82. The molecule has 2 aromatic heterocycles. The smallest absolute Gasteiger partial charge is 0.241 e. The normalized spacial score (nSPS) is 15.8. The molecule has 1 aromatic carbocycles. The van der Waals surface area contributed by atoms with E-state index >= 15 is 0 Å². The largest absolute Gasteiger partial charge is 0.325 e. The number of hydrogen-bond acceptors (Lipinski definition) is 5. The SMILES string of the molecule is Cc1ccc(F)cc1NC(=O)[C@@H](C)N1CCC(c2cccc(Nc3ccccn3)n2)CC1. The van der Waals surface area contributed by atoms with Crippen molar-refractivity contribution in [1.82, 2.24) is 14.9 Å². The van der Waals surface area contributed by atoms with Crippen LogP contribution in [0.5, 0.6) is 0 Å². The molecule has 1 amide bonds. The average molecular weight is 434 g/mol. The molecule has 1 aliphatic heterocycles. The number of pyridine rings is 2. The van der Waals surface area contributed by atoms with Gasteiger partial charge in [0.15, 0.2) is 0 Å². The standard InChI is InChI=1S/C25H28FN5O/c1-17-9-10-20(26)16-22(17)29-25(32)18(2)31-14-11-19(12-15-31)21-6-5-8-24(28-21)30-23-7-3-4-13-27-23/h3-10,13,16,18-19H,11-12,14-15H2,1-2H3,(H,29,32)(H,27,28,30)/t18-/m1/s1. The van der Waals surface area contributed by atoms with Crippen molar-refractivity contribution >= 4 is 23.2 Å². The van der Waals surface area contributed by atoms with Gasteiger partial charge in [-0.15, -0.1) is 0 Å². The number of carbonyl (C=O) groups excluding carboxylic acids is 1. The monoisotopic (exact) mass is 433 g/mol. The highest BCUT2D eigenvalue weighted by Gasteiger charge is 2.28. The van der Waals surface area contributed by atoms with Crippen LogP contribution in [-0.2, 0) is 4.79 Å². The second-order valence-corrected chi connectivity index (χ2v) is 8.22. The minimum absolute atomic E-state index is 0.114. The van der Waals surface area contributed by atoms with E-state index in [0.29, 0.717) is 11.6 Å². The summed E-state index contributed by atoms with van der Waals surface area (Å²) in [4.78, 5) is 24.0. The summed E-state index contributed by atoms with van der Waals surface area (Å²) in [5, 5.41) is 6.12. The molecule has 6 nitrogen and oxygen atoms in total. The van der Waals surface area contributed by atoms with Gasteiger partial charge in [-0.2, -0.15) is 0 Å². The van der Waals surface area contributed by atoms with E-state index in [0.717, 1.165) is 48.8 Å². The Labute approximate surface area is 187 Å². The van der Waals surface area contributed by atoms with Crippen LogP contribution in [0.3, 0.4) is 0 Å². The number of benzene rings is 1. The van der Waals surface area contributed by atoms with Crippen LogP contribution in [0.15, 0.2) is 60.8 Å². The van der Waals surface area contributed by atoms with Crippen molar-refractivity contribution in [3.8, 4) is 0 Å². The van der Waals surface area contributed by atoms with Crippen LogP contribution in [0.1, 0.15) is 36.9 Å². The molecule has 3 aromatic rings. The second kappa shape index (κ2) is 9.87. The van der Waals surface area contributed by atoms with Crippen LogP contribution in [0.4, 0.5) is 21.7 Å². The first-order valence-corrected chi connectivity index (χ1v) is 11.0. The number of nitrogens with one attached hydrogen (secondary N) is 2. The first-order valence-electron chi connectivity index (χ1n) is 11.0. The molecular weight excluding hydrogens is 405 g/mol. The van der Waals surface area contributed by atoms with Gasteiger partial charge in [-0.25, -0.2) is 14.4 Å². The Bertz CT molecular complexity index is 1070. The highest BCUT2D eigenvalue weighted by atomic mass is 19.1. The molecule has 0 saturated carbocycles. The Morgan fingerprint density at radius 1 is 1.09 bits per heavy atom. The topological polar surface area (TPSA) is 70.2 Å². The predicted octanol–water partition coefficient (Wildman–Crippen LogP) is 4.87. The van der Waals surface area contributed by atoms with Gasteiger partial charge in [-0.1, -0.05) is 18.2 Å². The summed E-state index contributed by atoms with van der Waals surface area (Å²) < 4.78 is 13.5. The summed E-state index contributed by atoms with van der Waals surface area (Å²) in [5.74, 6) is 1.42. The second-order valence-electron chi connectivity index (χ2n) is 8.22. The third-order valence-corrected chi connectivity index (χ3v) is 6.02. The molecule has 1 aliphatic rings. The maximum atomic E-state index is 13.5. The number of nitrogens with zero attached hydrogens (tertiary/aromatic N) is 3. The van der Waals surface area contributed by atoms with Crippen molar-refractivity contribution in [2.24, 2.45) is 0 Å². The van der Waals surface area contributed by atoms with Crippen molar-refractivity contribution in [2.75, 3.05) is 23.7 Å². The highest BCUT2D eigenvalue weighted by Crippen LogP contribution is 2.29. The van der Waals surface area contributed by atoms with Gasteiger partial charge < -0.3 is 10.6 Å². The number of amides is 1. The van der Waals surface area contributed by atoms with E-state index < -0.39 is 0 Å². The Morgan fingerprint density at radius 2 is 1.88 bits per heavy atom. The number of aromatic nitrogens is 2. The van der Waals surface area contributed by atoms with Crippen molar-refractivity contribution < 1.29 is 9.18 Å². The van der Waals surface area contributed by atoms with Crippen molar-refractivity contribution in [3.63, 3.8) is 0 Å². The van der Waals surface area contributed by atoms with Crippen LogP contribution in [-0.4, -0.2) is 39.9 Å². The number of aryl methyl sites for hydroxylation is 1. The van der Waals surface area contributed by atoms with Crippen LogP contribution >= 0.6 is 0 Å². The van der Waals surface area contributed by atoms with Gasteiger partial charge in [0.05, 0.1) is 6.04 Å². The molecule has 0 aliphatic carbocycles. The summed E-state index contributed by atoms with van der Waals surface area (Å²) >= 11 is 0. The molecule has 1 saturated heterocycles. The molecule has 3 heterocycles. The third kappa shape index (κ3) is 5.29. The number of hydrogen-bond donors (Lipinski definition) is 2. The molecule has 0 bridgehead atoms. The van der Waals surface area contributed by atoms with Crippen LogP contribution in [0.25, 0.3) is 0 Å². The summed E-state index contributed by atoms with van der Waals surface area (Å²) in [7, 11) is 0. The number of rotatable bonds is 6. The zero-order valence-electron chi connectivity index (χ0n) is 18.4. The van der Waals surface area contributed by atoms with E-state index in [2.05, 4.69) is 26.6 Å². The Morgan fingerprint density at radius 3 is 2.62 bits per heavy atom. The minimum atomic E-state index is -0.355. The first-order chi connectivity index (χ1) is 15.5. The van der Waals surface area contributed by atoms with Gasteiger partial charge in [0.2, 0.25) is 5.91 Å². The molecule has 0 radical (unpaired) electrons. The van der Waals surface area contributed by atoms with Crippen molar-refractivity contribution in [3.05, 3.63) is 77.9 Å². The lowest BCUT2D eigenvalue weighted by molar-refractivity contribution is -0.121. The molecule has 4 rings (SSSR count). The quantitative estimate of drug-likeness (QED) is 0.580. The number of carbonyl (C=O) groups is 1. The fourth-order valence-corrected chi connectivity index (χ4v) is 4.03. The molecule has 0 spiro atoms. The fraction of sp³-hybridized carbons (Fsp3) is 0.320. The van der Waals surface area contributed by atoms with Gasteiger partial charge in [0.1, 0.15) is 17.5 Å². The predicted molar refractivity (Wildman–Crippen MR) is 125 cm³/mol. The van der Waals surface area contributed by atoms with Gasteiger partial charge in [0.25, 0.3) is 0 Å². The molecule has 166 valence electrons. The Kier molecular flexibility index (Phi) is 6.75. The van der Waals surface area contributed by atoms with Gasteiger partial charge in [0, 0.05) is 23.5 Å². The van der Waals surface area contributed by atoms with E-state index in [9.17, 15) is 9.18 Å². The lowest BCUT2D eigenvalue weighted by Gasteiger charge is -2.35. The molecule has 32 heavy (non-hydrogen) atoms. The van der Waals surface area contributed by atoms with Crippen LogP contribution in [0, 0.1) is 12.7 Å². The minimum Gasteiger partial charge on any atom is -0.325 e. The zero-order chi connectivity index (χ0) is 22.5. The van der Waals surface area contributed by atoms with E-state index in [1.54, 1.807) is 12.3 Å². The Balaban J connectivity index is 1.34. The molecule has 1 fully saturated rings. The lowest BCUT2D eigenvalue weighted by atomic mass is 9.92. The van der Waals surface area contributed by atoms with Crippen LogP contribution < -0.4 is 10.6 Å². The molecular formula is C25H28FN5O. The maximum Gasteiger partial charge on any atom is 0.241 e. The lowest BCUT2D eigenvalue weighted by Crippen LogP contribution is -2.45. The third-order valence-electron chi connectivity index (χ3n) is 6.02. The zero-order valence-corrected chi connectivity index (χ0v) is 18.4. The highest BCUT2D eigenvalue weighted by molar-refractivity contribution is 5.95. The first kappa shape index (κ1) is 21.9. The van der Waals surface area contributed by atoms with E-state index in [-0.39, 0.29) is 17.8 Å². The number of likely N-dealkylation sites (tertiary alicyclic amines) is 1. The molecule has 7 heteroatoms. The van der Waals surface area contributed by atoms with E-state index in [1.165, 1.54) is 12.1 Å². The summed E-state index contributed by atoms with van der Waals surface area (Å²) in [6, 6.07) is 15.9. The van der Waals surface area contributed by atoms with E-state index in [1.807, 2.05) is 44.2 Å². The van der Waals surface area contributed by atoms with E-state index in [4.69, 9.17) is 4.98 Å². The summed E-state index contributed by atoms with van der Waals surface area (Å²) in [6.45, 7) is 5.37. The van der Waals surface area contributed by atoms with Gasteiger partial charge >= 0.3 is 0 Å². The summed E-state index contributed by atoms with van der Waals surface area (Å²) in [6.07, 6.45) is 3.60. The van der Waals surface area contributed by atoms with Crippen molar-refractivity contribution in [2.45, 2.75) is 38.6 Å². The number of halogens is 1. The van der Waals surface area contributed by atoms with Crippen LogP contribution in [0.2, 0.25) is 0 Å². The molecule has 2 N–H and O–H groups in total. The fourth-order valence-electron chi connectivity index (χ4n) is 4.03. The van der Waals surface area contributed by atoms with Gasteiger partial charge in [-0.3, -0.25) is 9.69 Å². The number of piperidine rings is 1. The molecule has 0 unspecified atom stereocenters. The maximum absolute atomic E-state index is 13.5. The van der Waals surface area contributed by atoms with Crippen molar-refractivity contribution in [1.29, 1.82) is 0 Å². The molecule has 1 atom stereocenters. The summed E-state index contributed by atoms with van der Waals surface area (Å²) in [5.41, 5.74) is 2.42. The Hall–Kier alpha value is -3.32. The van der Waals surface area contributed by atoms with Gasteiger partial charge in [-0.05, 0) is 81.7 Å². The number of anilines is 3.